The Kier molecular flexibility index (Phi) is 6.43. The zero-order valence-corrected chi connectivity index (χ0v) is 16.2. The number of hydrogen-bond acceptors (Lipinski definition) is 4. The number of amides is 2. The van der Waals surface area contributed by atoms with Crippen molar-refractivity contribution in [1.29, 1.82) is 0 Å². The van der Waals surface area contributed by atoms with E-state index >= 15 is 0 Å². The van der Waals surface area contributed by atoms with Crippen molar-refractivity contribution >= 4 is 17.5 Å². The van der Waals surface area contributed by atoms with Crippen molar-refractivity contribution in [3.05, 3.63) is 54.1 Å². The number of aromatic nitrogens is 1. The molecule has 0 spiro atoms. The van der Waals surface area contributed by atoms with E-state index in [-0.39, 0.29) is 11.7 Å². The number of anilines is 1. The van der Waals surface area contributed by atoms with Gasteiger partial charge in [0.2, 0.25) is 0 Å². The van der Waals surface area contributed by atoms with Crippen molar-refractivity contribution < 1.29 is 14.0 Å². The Morgan fingerprint density at radius 2 is 1.75 bits per heavy atom. The van der Waals surface area contributed by atoms with Crippen LogP contribution in [0.5, 0.6) is 0 Å². The summed E-state index contributed by atoms with van der Waals surface area (Å²) in [6.07, 6.45) is 1.96. The average molecular weight is 387 g/mol. The Balaban J connectivity index is 1.64. The number of carbonyl (C=O) groups excluding carboxylic acids is 2. The van der Waals surface area contributed by atoms with E-state index in [2.05, 4.69) is 27.5 Å². The van der Waals surface area contributed by atoms with Crippen LogP contribution >= 0.6 is 0 Å². The van der Waals surface area contributed by atoms with Gasteiger partial charge in [0.05, 0.1) is 11.7 Å². The number of benzene rings is 1. The summed E-state index contributed by atoms with van der Waals surface area (Å²) in [6.45, 7) is 3.95. The molecule has 0 bridgehead atoms. The van der Waals surface area contributed by atoms with Crippen LogP contribution < -0.4 is 10.6 Å². The third-order valence-electron chi connectivity index (χ3n) is 5.09. The molecule has 1 aromatic carbocycles. The predicted octanol–water partition coefficient (Wildman–Crippen LogP) is 1.21. The van der Waals surface area contributed by atoms with Crippen LogP contribution in [0, 0.1) is 5.82 Å². The number of likely N-dealkylation sites (N-methyl/N-ethyl adjacent to an activating group) is 1. The van der Waals surface area contributed by atoms with Crippen LogP contribution in [0.2, 0.25) is 0 Å². The molecule has 2 aromatic rings. The van der Waals surface area contributed by atoms with Gasteiger partial charge >= 0.3 is 11.8 Å². The number of halogens is 1. The minimum absolute atomic E-state index is 0.0132. The minimum atomic E-state index is -0.880. The van der Waals surface area contributed by atoms with E-state index in [1.165, 1.54) is 18.2 Å². The van der Waals surface area contributed by atoms with Gasteiger partial charge in [0, 0.05) is 51.7 Å². The summed E-state index contributed by atoms with van der Waals surface area (Å²) >= 11 is 0. The number of para-hydroxylation sites is 1. The maximum absolute atomic E-state index is 13.7. The van der Waals surface area contributed by atoms with Crippen molar-refractivity contribution in [1.82, 2.24) is 19.7 Å². The number of carbonyl (C=O) groups is 2. The largest absolute Gasteiger partial charge is 0.353 e. The molecule has 2 amide bonds. The number of rotatable bonds is 5. The van der Waals surface area contributed by atoms with Crippen LogP contribution in [-0.2, 0) is 16.6 Å². The SMILES string of the molecule is CN1CCN([C@@H](CNC(=O)C(=O)Nc2ccccc2F)c2cccn2C)CC1. The van der Waals surface area contributed by atoms with Crippen LogP contribution in [-0.4, -0.2) is 66.0 Å². The Morgan fingerprint density at radius 3 is 2.39 bits per heavy atom. The quantitative estimate of drug-likeness (QED) is 0.757. The summed E-state index contributed by atoms with van der Waals surface area (Å²) in [6, 6.07) is 9.70. The lowest BCUT2D eigenvalue weighted by Crippen LogP contribution is -2.49. The van der Waals surface area contributed by atoms with Crippen LogP contribution in [0.1, 0.15) is 11.7 Å². The summed E-state index contributed by atoms with van der Waals surface area (Å²) in [5, 5.41) is 5.02. The molecule has 2 N–H and O–H groups in total. The number of piperazine rings is 1. The molecule has 0 radical (unpaired) electrons. The first kappa shape index (κ1) is 20.0. The third-order valence-corrected chi connectivity index (χ3v) is 5.09. The summed E-state index contributed by atoms with van der Waals surface area (Å²) in [5.41, 5.74) is 1.06. The van der Waals surface area contributed by atoms with Crippen LogP contribution in [0.15, 0.2) is 42.6 Å². The molecule has 0 saturated carbocycles. The van der Waals surface area contributed by atoms with Crippen LogP contribution in [0.3, 0.4) is 0 Å². The van der Waals surface area contributed by atoms with Crippen molar-refractivity contribution in [2.24, 2.45) is 7.05 Å². The third kappa shape index (κ3) is 4.76. The highest BCUT2D eigenvalue weighted by molar-refractivity contribution is 6.39. The molecule has 7 nitrogen and oxygen atoms in total. The summed E-state index contributed by atoms with van der Waals surface area (Å²) < 4.78 is 15.7. The Bertz CT molecular complexity index is 830. The maximum atomic E-state index is 13.7. The van der Waals surface area contributed by atoms with Crippen molar-refractivity contribution in [2.45, 2.75) is 6.04 Å². The zero-order valence-electron chi connectivity index (χ0n) is 16.2. The Labute approximate surface area is 164 Å². The Morgan fingerprint density at radius 1 is 1.04 bits per heavy atom. The summed E-state index contributed by atoms with van der Waals surface area (Å²) in [4.78, 5) is 29.0. The lowest BCUT2D eigenvalue weighted by molar-refractivity contribution is -0.136. The highest BCUT2D eigenvalue weighted by Gasteiger charge is 2.27. The molecule has 1 fully saturated rings. The van der Waals surface area contributed by atoms with Crippen molar-refractivity contribution in [2.75, 3.05) is 45.1 Å². The van der Waals surface area contributed by atoms with E-state index in [0.717, 1.165) is 31.9 Å². The predicted molar refractivity (Wildman–Crippen MR) is 105 cm³/mol. The van der Waals surface area contributed by atoms with E-state index in [9.17, 15) is 14.0 Å². The minimum Gasteiger partial charge on any atom is -0.353 e. The molecule has 0 unspecified atom stereocenters. The number of aryl methyl sites for hydroxylation is 1. The molecule has 3 rings (SSSR count). The van der Waals surface area contributed by atoms with E-state index in [4.69, 9.17) is 0 Å². The van der Waals surface area contributed by atoms with Crippen molar-refractivity contribution in [3.8, 4) is 0 Å². The molecule has 1 aliphatic rings. The Hall–Kier alpha value is -2.71. The molecule has 2 heterocycles. The number of nitrogens with one attached hydrogen (secondary N) is 2. The van der Waals surface area contributed by atoms with Gasteiger partial charge in [-0.05, 0) is 31.3 Å². The van der Waals surface area contributed by atoms with Gasteiger partial charge in [0.25, 0.3) is 0 Å². The summed E-state index contributed by atoms with van der Waals surface area (Å²) in [5.74, 6) is -2.24. The first-order chi connectivity index (χ1) is 13.5. The molecule has 8 heteroatoms. The first-order valence-electron chi connectivity index (χ1n) is 9.33. The number of nitrogens with zero attached hydrogens (tertiary/aromatic N) is 3. The van der Waals surface area contributed by atoms with Gasteiger partial charge in [-0.2, -0.15) is 0 Å². The lowest BCUT2D eigenvalue weighted by Gasteiger charge is -2.38. The summed E-state index contributed by atoms with van der Waals surface area (Å²) in [7, 11) is 4.05. The molecule has 1 aromatic heterocycles. The monoisotopic (exact) mass is 387 g/mol. The fourth-order valence-corrected chi connectivity index (χ4v) is 3.39. The second-order valence-corrected chi connectivity index (χ2v) is 7.04. The van der Waals surface area contributed by atoms with Gasteiger partial charge < -0.3 is 20.1 Å². The zero-order chi connectivity index (χ0) is 20.1. The van der Waals surface area contributed by atoms with Crippen molar-refractivity contribution in [3.63, 3.8) is 0 Å². The fraction of sp³-hybridized carbons (Fsp3) is 0.400. The van der Waals surface area contributed by atoms with E-state index in [0.29, 0.717) is 6.54 Å². The average Bonchev–Trinajstić information content (AvgIpc) is 3.10. The van der Waals surface area contributed by atoms with E-state index < -0.39 is 17.6 Å². The first-order valence-corrected chi connectivity index (χ1v) is 9.33. The molecule has 28 heavy (non-hydrogen) atoms. The molecule has 1 aliphatic heterocycles. The maximum Gasteiger partial charge on any atom is 0.313 e. The van der Waals surface area contributed by atoms with E-state index in [1.807, 2.05) is 29.9 Å². The highest BCUT2D eigenvalue weighted by atomic mass is 19.1. The smallest absolute Gasteiger partial charge is 0.313 e. The van der Waals surface area contributed by atoms with E-state index in [1.54, 1.807) is 6.07 Å². The van der Waals surface area contributed by atoms with Gasteiger partial charge in [0.15, 0.2) is 0 Å². The van der Waals surface area contributed by atoms with Crippen LogP contribution in [0.25, 0.3) is 0 Å². The topological polar surface area (TPSA) is 69.6 Å². The fourth-order valence-electron chi connectivity index (χ4n) is 3.39. The van der Waals surface area contributed by atoms with Gasteiger partial charge in [-0.25, -0.2) is 4.39 Å². The van der Waals surface area contributed by atoms with Crippen LogP contribution in [0.4, 0.5) is 10.1 Å². The molecule has 1 atom stereocenters. The van der Waals surface area contributed by atoms with Gasteiger partial charge in [-0.15, -0.1) is 0 Å². The second kappa shape index (κ2) is 8.99. The molecule has 0 aliphatic carbocycles. The van der Waals surface area contributed by atoms with Gasteiger partial charge in [-0.3, -0.25) is 14.5 Å². The molecule has 1 saturated heterocycles. The number of hydrogen-bond donors (Lipinski definition) is 2. The van der Waals surface area contributed by atoms with Gasteiger partial charge in [0.1, 0.15) is 5.82 Å². The van der Waals surface area contributed by atoms with Gasteiger partial charge in [-0.1, -0.05) is 12.1 Å². The standard InChI is InChI=1S/C20H26FN5O2/c1-24-10-12-26(13-11-24)18(17-8-5-9-25(17)2)14-22-19(27)20(28)23-16-7-4-3-6-15(16)21/h3-9,18H,10-14H2,1-2H3,(H,22,27)(H,23,28)/t18-/m0/s1. The normalized spacial score (nSPS) is 16.5. The molecule has 150 valence electrons. The molecular formula is C20H26FN5O2. The molecular weight excluding hydrogens is 361 g/mol. The second-order valence-electron chi connectivity index (χ2n) is 7.04. The lowest BCUT2D eigenvalue weighted by atomic mass is 10.1. The highest BCUT2D eigenvalue weighted by Crippen LogP contribution is 2.21.